The molecule has 168 valence electrons. The monoisotopic (exact) mass is 434 g/mol. The molecule has 8 heteroatoms. The number of pyridine rings is 2. The summed E-state index contributed by atoms with van der Waals surface area (Å²) in [5.41, 5.74) is 3.87. The summed E-state index contributed by atoms with van der Waals surface area (Å²) >= 11 is 0. The molecule has 8 nitrogen and oxygen atoms in total. The van der Waals surface area contributed by atoms with Crippen LogP contribution >= 0.6 is 0 Å². The highest BCUT2D eigenvalue weighted by molar-refractivity contribution is 5.94. The molecule has 0 aliphatic carbocycles. The van der Waals surface area contributed by atoms with E-state index in [-0.39, 0.29) is 5.91 Å². The van der Waals surface area contributed by atoms with Crippen LogP contribution in [0.15, 0.2) is 36.9 Å². The average Bonchev–Trinajstić information content (AvgIpc) is 3.29. The second kappa shape index (κ2) is 8.86. The van der Waals surface area contributed by atoms with E-state index in [1.807, 2.05) is 23.4 Å². The molecule has 0 spiro atoms. The number of carbonyl (C=O) groups excluding carboxylic acids is 1. The fourth-order valence-electron chi connectivity index (χ4n) is 4.70. The number of likely N-dealkylation sites (tertiary alicyclic amines) is 1. The minimum Gasteiger partial charge on any atom is -0.378 e. The fourth-order valence-corrected chi connectivity index (χ4v) is 4.70. The van der Waals surface area contributed by atoms with Crippen molar-refractivity contribution in [3.63, 3.8) is 0 Å². The van der Waals surface area contributed by atoms with Gasteiger partial charge in [-0.05, 0) is 44.9 Å². The maximum atomic E-state index is 12.8. The largest absolute Gasteiger partial charge is 0.378 e. The Morgan fingerprint density at radius 3 is 2.62 bits per heavy atom. The number of anilines is 1. The van der Waals surface area contributed by atoms with Gasteiger partial charge >= 0.3 is 0 Å². The number of ether oxygens (including phenoxy) is 1. The maximum absolute atomic E-state index is 12.8. The first kappa shape index (κ1) is 20.9. The molecule has 2 aliphatic rings. The van der Waals surface area contributed by atoms with Crippen LogP contribution in [0.3, 0.4) is 0 Å². The number of carbonyl (C=O) groups is 1. The Morgan fingerprint density at radius 2 is 1.94 bits per heavy atom. The van der Waals surface area contributed by atoms with Crippen molar-refractivity contribution >= 4 is 22.8 Å². The van der Waals surface area contributed by atoms with Gasteiger partial charge in [-0.1, -0.05) is 0 Å². The normalized spacial score (nSPS) is 18.0. The van der Waals surface area contributed by atoms with Gasteiger partial charge in [-0.25, -0.2) is 9.97 Å². The summed E-state index contributed by atoms with van der Waals surface area (Å²) < 4.78 is 7.78. The van der Waals surface area contributed by atoms with Crippen molar-refractivity contribution in [3.8, 4) is 0 Å². The van der Waals surface area contributed by atoms with E-state index in [0.717, 1.165) is 61.6 Å². The van der Waals surface area contributed by atoms with Crippen molar-refractivity contribution in [3.05, 3.63) is 48.2 Å². The van der Waals surface area contributed by atoms with Crippen LogP contribution in [0.25, 0.3) is 11.0 Å². The van der Waals surface area contributed by atoms with Gasteiger partial charge in [0.1, 0.15) is 5.52 Å². The van der Waals surface area contributed by atoms with E-state index in [4.69, 9.17) is 14.7 Å². The van der Waals surface area contributed by atoms with Gasteiger partial charge in [0, 0.05) is 56.2 Å². The van der Waals surface area contributed by atoms with Crippen LogP contribution in [0.1, 0.15) is 54.7 Å². The molecule has 2 aliphatic heterocycles. The number of hydrogen-bond donors (Lipinski definition) is 0. The number of aromatic nitrogens is 4. The molecule has 0 unspecified atom stereocenters. The smallest absolute Gasteiger partial charge is 0.255 e. The topological polar surface area (TPSA) is 76.4 Å². The van der Waals surface area contributed by atoms with Crippen LogP contribution in [-0.2, 0) is 4.74 Å². The zero-order valence-corrected chi connectivity index (χ0v) is 18.8. The van der Waals surface area contributed by atoms with Gasteiger partial charge in [0.05, 0.1) is 30.6 Å². The molecule has 0 N–H and O–H groups in total. The number of hydrogen-bond acceptors (Lipinski definition) is 6. The Balaban J connectivity index is 1.41. The van der Waals surface area contributed by atoms with Gasteiger partial charge < -0.3 is 19.1 Å². The van der Waals surface area contributed by atoms with E-state index in [0.29, 0.717) is 30.7 Å². The predicted molar refractivity (Wildman–Crippen MR) is 123 cm³/mol. The van der Waals surface area contributed by atoms with E-state index in [1.54, 1.807) is 12.4 Å². The number of imidazole rings is 1. The van der Waals surface area contributed by atoms with Gasteiger partial charge in [-0.15, -0.1) is 0 Å². The highest BCUT2D eigenvalue weighted by Crippen LogP contribution is 2.34. The van der Waals surface area contributed by atoms with Crippen LogP contribution in [0.4, 0.5) is 5.82 Å². The maximum Gasteiger partial charge on any atom is 0.255 e. The minimum atomic E-state index is 0.0619. The number of amides is 1. The van der Waals surface area contributed by atoms with Crippen LogP contribution in [0, 0.1) is 0 Å². The standard InChI is InChI=1S/C24H30N6O2/c1-17(2)30-16-26-22-21(30)14-20(27-23(22)28-10-12-32-13-11-28)18-5-8-29(9-6-18)24(31)19-4-3-7-25-15-19/h3-4,7,14-18H,5-6,8-13H2,1-2H3. The summed E-state index contributed by atoms with van der Waals surface area (Å²) in [6.45, 7) is 8.91. The molecule has 0 aromatic carbocycles. The third-order valence-corrected chi connectivity index (χ3v) is 6.54. The number of nitrogens with zero attached hydrogens (tertiary/aromatic N) is 6. The summed E-state index contributed by atoms with van der Waals surface area (Å²) in [6, 6.07) is 6.19. The lowest BCUT2D eigenvalue weighted by Crippen LogP contribution is -2.38. The van der Waals surface area contributed by atoms with E-state index in [9.17, 15) is 4.79 Å². The zero-order chi connectivity index (χ0) is 22.1. The van der Waals surface area contributed by atoms with E-state index in [2.05, 4.69) is 34.4 Å². The van der Waals surface area contributed by atoms with Crippen molar-refractivity contribution in [1.29, 1.82) is 0 Å². The Bertz CT molecular complexity index is 1080. The van der Waals surface area contributed by atoms with Gasteiger partial charge in [0.25, 0.3) is 5.91 Å². The second-order valence-corrected chi connectivity index (χ2v) is 8.89. The Morgan fingerprint density at radius 1 is 1.16 bits per heavy atom. The van der Waals surface area contributed by atoms with Crippen molar-refractivity contribution in [1.82, 2.24) is 24.4 Å². The molecular formula is C24H30N6O2. The SMILES string of the molecule is CC(C)n1cnc2c(N3CCOCC3)nc(C3CCN(C(=O)c4cccnc4)CC3)cc21. The van der Waals surface area contributed by atoms with Crippen LogP contribution in [-0.4, -0.2) is 69.7 Å². The van der Waals surface area contributed by atoms with E-state index >= 15 is 0 Å². The number of piperidine rings is 1. The summed E-state index contributed by atoms with van der Waals surface area (Å²) in [4.78, 5) is 31.0. The molecule has 5 rings (SSSR count). The Labute approximate surface area is 188 Å². The van der Waals surface area contributed by atoms with Crippen molar-refractivity contribution in [2.75, 3.05) is 44.3 Å². The molecular weight excluding hydrogens is 404 g/mol. The van der Waals surface area contributed by atoms with Gasteiger partial charge in [0.15, 0.2) is 5.82 Å². The quantitative estimate of drug-likeness (QED) is 0.627. The molecule has 32 heavy (non-hydrogen) atoms. The first-order valence-corrected chi connectivity index (χ1v) is 11.5. The van der Waals surface area contributed by atoms with Gasteiger partial charge in [-0.2, -0.15) is 0 Å². The average molecular weight is 435 g/mol. The Hall–Kier alpha value is -3.00. The lowest BCUT2D eigenvalue weighted by molar-refractivity contribution is 0.0711. The highest BCUT2D eigenvalue weighted by Gasteiger charge is 2.28. The molecule has 0 atom stereocenters. The summed E-state index contributed by atoms with van der Waals surface area (Å²) in [7, 11) is 0. The predicted octanol–water partition coefficient (Wildman–Crippen LogP) is 3.26. The van der Waals surface area contributed by atoms with E-state index < -0.39 is 0 Å². The third kappa shape index (κ3) is 3.95. The fraction of sp³-hybridized carbons (Fsp3) is 0.500. The highest BCUT2D eigenvalue weighted by atomic mass is 16.5. The van der Waals surface area contributed by atoms with E-state index in [1.165, 1.54) is 0 Å². The van der Waals surface area contributed by atoms with Crippen molar-refractivity contribution in [2.45, 2.75) is 38.6 Å². The molecule has 1 amide bonds. The lowest BCUT2D eigenvalue weighted by atomic mass is 9.92. The third-order valence-electron chi connectivity index (χ3n) is 6.54. The summed E-state index contributed by atoms with van der Waals surface area (Å²) in [5.74, 6) is 1.36. The molecule has 3 aromatic heterocycles. The zero-order valence-electron chi connectivity index (χ0n) is 18.8. The van der Waals surface area contributed by atoms with Crippen LogP contribution in [0.5, 0.6) is 0 Å². The first-order chi connectivity index (χ1) is 15.6. The Kier molecular flexibility index (Phi) is 5.78. The molecule has 0 bridgehead atoms. The summed E-state index contributed by atoms with van der Waals surface area (Å²) in [6.07, 6.45) is 7.08. The van der Waals surface area contributed by atoms with Gasteiger partial charge in [-0.3, -0.25) is 9.78 Å². The van der Waals surface area contributed by atoms with Gasteiger partial charge in [0.2, 0.25) is 0 Å². The molecule has 2 saturated heterocycles. The molecule has 0 radical (unpaired) electrons. The number of morpholine rings is 1. The van der Waals surface area contributed by atoms with Crippen molar-refractivity contribution in [2.24, 2.45) is 0 Å². The first-order valence-electron chi connectivity index (χ1n) is 11.5. The van der Waals surface area contributed by atoms with Crippen LogP contribution in [0.2, 0.25) is 0 Å². The molecule has 0 saturated carbocycles. The van der Waals surface area contributed by atoms with Crippen LogP contribution < -0.4 is 4.90 Å². The lowest BCUT2D eigenvalue weighted by Gasteiger charge is -2.33. The molecule has 5 heterocycles. The number of rotatable bonds is 4. The van der Waals surface area contributed by atoms with Crippen molar-refractivity contribution < 1.29 is 9.53 Å². The number of fused-ring (bicyclic) bond motifs is 1. The molecule has 3 aromatic rings. The summed E-state index contributed by atoms with van der Waals surface area (Å²) in [5, 5.41) is 0. The minimum absolute atomic E-state index is 0.0619. The second-order valence-electron chi connectivity index (χ2n) is 8.89. The molecule has 2 fully saturated rings.